The molecule has 8 nitrogen and oxygen atoms in total. The minimum atomic E-state index is -0.222. The van der Waals surface area contributed by atoms with Crippen LogP contribution in [0.15, 0.2) is 54.9 Å². The molecule has 0 spiro atoms. The Hall–Kier alpha value is -3.94. The number of nitrogens with zero attached hydrogens (tertiary/aromatic N) is 4. The molecule has 1 aliphatic heterocycles. The van der Waals surface area contributed by atoms with Crippen LogP contribution in [0.2, 0.25) is 0 Å². The van der Waals surface area contributed by atoms with Crippen LogP contribution in [0.1, 0.15) is 32.0 Å². The number of carbonyl (C=O) groups is 2. The molecular weight excluding hydrogens is 408 g/mol. The Morgan fingerprint density at radius 1 is 0.969 bits per heavy atom. The van der Waals surface area contributed by atoms with E-state index in [0.717, 1.165) is 17.7 Å². The predicted octanol–water partition coefficient (Wildman–Crippen LogP) is 2.97. The monoisotopic (exact) mass is 432 g/mol. The van der Waals surface area contributed by atoms with Gasteiger partial charge in [0, 0.05) is 38.1 Å². The fraction of sp³-hybridized carbons (Fsp3) is 0.250. The second-order valence-corrected chi connectivity index (χ2v) is 7.47. The van der Waals surface area contributed by atoms with Crippen LogP contribution < -0.4 is 14.4 Å². The van der Waals surface area contributed by atoms with E-state index < -0.39 is 0 Å². The molecule has 2 amide bonds. The maximum absolute atomic E-state index is 12.9. The van der Waals surface area contributed by atoms with Crippen molar-refractivity contribution in [2.75, 3.05) is 32.7 Å². The Balaban J connectivity index is 1.51. The molecule has 0 aliphatic carbocycles. The Bertz CT molecular complexity index is 1130. The third-order valence-electron chi connectivity index (χ3n) is 5.56. The topological polar surface area (TPSA) is 84.9 Å². The predicted molar refractivity (Wildman–Crippen MR) is 119 cm³/mol. The summed E-state index contributed by atoms with van der Waals surface area (Å²) < 4.78 is 10.2. The van der Waals surface area contributed by atoms with Gasteiger partial charge in [-0.25, -0.2) is 9.97 Å². The Morgan fingerprint density at radius 2 is 1.81 bits per heavy atom. The van der Waals surface area contributed by atoms with E-state index in [0.29, 0.717) is 36.0 Å². The maximum Gasteiger partial charge on any atom is 0.276 e. The van der Waals surface area contributed by atoms with Crippen molar-refractivity contribution in [2.45, 2.75) is 13.0 Å². The maximum atomic E-state index is 12.9. The van der Waals surface area contributed by atoms with Gasteiger partial charge in [0.25, 0.3) is 11.8 Å². The summed E-state index contributed by atoms with van der Waals surface area (Å²) in [7, 11) is 4.80. The lowest BCUT2D eigenvalue weighted by Gasteiger charge is -2.30. The van der Waals surface area contributed by atoms with Gasteiger partial charge in [0.15, 0.2) is 0 Å². The highest BCUT2D eigenvalue weighted by Crippen LogP contribution is 2.26. The van der Waals surface area contributed by atoms with E-state index in [1.54, 1.807) is 48.2 Å². The van der Waals surface area contributed by atoms with Gasteiger partial charge < -0.3 is 19.3 Å². The van der Waals surface area contributed by atoms with Crippen molar-refractivity contribution in [2.24, 2.45) is 0 Å². The van der Waals surface area contributed by atoms with E-state index in [9.17, 15) is 9.59 Å². The number of hydrogen-bond acceptors (Lipinski definition) is 6. The number of methoxy groups -OCH3 is 2. The molecular formula is C24H24N4O4. The van der Waals surface area contributed by atoms with Gasteiger partial charge in [0.1, 0.15) is 11.4 Å². The lowest BCUT2D eigenvalue weighted by molar-refractivity contribution is 0.0734. The highest BCUT2D eigenvalue weighted by atomic mass is 16.5. The minimum absolute atomic E-state index is 0.0805. The molecule has 8 heteroatoms. The fourth-order valence-electron chi connectivity index (χ4n) is 3.65. The summed E-state index contributed by atoms with van der Waals surface area (Å²) in [6.45, 7) is 1.10. The molecule has 164 valence electrons. The number of aromatic nitrogens is 2. The number of anilines is 1. The van der Waals surface area contributed by atoms with Crippen LogP contribution in [0.4, 0.5) is 5.69 Å². The average molecular weight is 432 g/mol. The first-order valence-corrected chi connectivity index (χ1v) is 10.2. The van der Waals surface area contributed by atoms with Crippen molar-refractivity contribution in [1.82, 2.24) is 14.9 Å². The van der Waals surface area contributed by atoms with Gasteiger partial charge in [-0.2, -0.15) is 0 Å². The van der Waals surface area contributed by atoms with Gasteiger partial charge in [-0.3, -0.25) is 9.59 Å². The molecule has 0 N–H and O–H groups in total. The number of benzene rings is 1. The zero-order valence-electron chi connectivity index (χ0n) is 18.2. The summed E-state index contributed by atoms with van der Waals surface area (Å²) in [6.07, 6.45) is 3.80. The van der Waals surface area contributed by atoms with Crippen molar-refractivity contribution >= 4 is 17.5 Å². The van der Waals surface area contributed by atoms with Crippen molar-refractivity contribution in [3.8, 4) is 11.6 Å². The minimum Gasteiger partial charge on any atom is -0.495 e. The van der Waals surface area contributed by atoms with Crippen molar-refractivity contribution in [3.63, 3.8) is 0 Å². The normalized spacial score (nSPS) is 12.7. The van der Waals surface area contributed by atoms with Crippen LogP contribution in [0.5, 0.6) is 11.6 Å². The molecule has 0 saturated heterocycles. The third kappa shape index (κ3) is 4.25. The fourth-order valence-corrected chi connectivity index (χ4v) is 3.65. The van der Waals surface area contributed by atoms with E-state index in [-0.39, 0.29) is 11.8 Å². The van der Waals surface area contributed by atoms with Crippen LogP contribution in [0, 0.1) is 0 Å². The molecule has 4 rings (SSSR count). The van der Waals surface area contributed by atoms with Crippen molar-refractivity contribution < 1.29 is 19.1 Å². The van der Waals surface area contributed by atoms with Crippen molar-refractivity contribution in [1.29, 1.82) is 0 Å². The summed E-state index contributed by atoms with van der Waals surface area (Å²) in [6, 6.07) is 12.6. The molecule has 0 atom stereocenters. The lowest BCUT2D eigenvalue weighted by atomic mass is 9.98. The summed E-state index contributed by atoms with van der Waals surface area (Å²) in [5.74, 6) is 0.757. The second-order valence-electron chi connectivity index (χ2n) is 7.47. The van der Waals surface area contributed by atoms with E-state index >= 15 is 0 Å². The summed E-state index contributed by atoms with van der Waals surface area (Å²) in [5.41, 5.74) is 3.78. The summed E-state index contributed by atoms with van der Waals surface area (Å²) in [5, 5.41) is 0. The first-order chi connectivity index (χ1) is 15.5. The molecule has 0 radical (unpaired) electrons. The van der Waals surface area contributed by atoms with Crippen LogP contribution >= 0.6 is 0 Å². The van der Waals surface area contributed by atoms with Crippen LogP contribution in [-0.2, 0) is 13.0 Å². The molecule has 3 heterocycles. The SMILES string of the molecule is COc1ccc(C(=O)N(C)c2ccc3c(c2)CN(C(=O)c2ccc(OC)nc2)CC3)nc1. The molecule has 0 fully saturated rings. The average Bonchev–Trinajstić information content (AvgIpc) is 2.86. The molecule has 0 saturated carbocycles. The standard InChI is InChI=1S/C24H24N4O4/c1-27(24(30)21-8-7-20(31-2)14-25-21)19-6-4-16-10-11-28(15-18(16)12-19)23(29)17-5-9-22(32-3)26-13-17/h4-9,12-14H,10-11,15H2,1-3H3. The van der Waals surface area contributed by atoms with E-state index in [1.165, 1.54) is 25.1 Å². The van der Waals surface area contributed by atoms with Crippen molar-refractivity contribution in [3.05, 3.63) is 77.2 Å². The smallest absolute Gasteiger partial charge is 0.276 e. The first-order valence-electron chi connectivity index (χ1n) is 10.2. The number of amides is 2. The van der Waals surface area contributed by atoms with E-state index in [2.05, 4.69) is 9.97 Å². The van der Waals surface area contributed by atoms with Gasteiger partial charge in [-0.15, -0.1) is 0 Å². The van der Waals surface area contributed by atoms with Gasteiger partial charge in [-0.1, -0.05) is 6.07 Å². The number of hydrogen-bond donors (Lipinski definition) is 0. The molecule has 3 aromatic rings. The van der Waals surface area contributed by atoms with E-state index in [4.69, 9.17) is 9.47 Å². The van der Waals surface area contributed by atoms with Gasteiger partial charge in [-0.05, 0) is 47.9 Å². The lowest BCUT2D eigenvalue weighted by Crippen LogP contribution is -2.36. The quantitative estimate of drug-likeness (QED) is 0.616. The first kappa shape index (κ1) is 21.3. The number of carbonyl (C=O) groups excluding carboxylic acids is 2. The van der Waals surface area contributed by atoms with Gasteiger partial charge in [0.2, 0.25) is 5.88 Å². The third-order valence-corrected chi connectivity index (χ3v) is 5.56. The largest absolute Gasteiger partial charge is 0.495 e. The molecule has 0 bridgehead atoms. The number of ether oxygens (including phenoxy) is 2. The Kier molecular flexibility index (Phi) is 6.02. The van der Waals surface area contributed by atoms with Gasteiger partial charge in [0.05, 0.1) is 26.0 Å². The molecule has 1 aromatic carbocycles. The molecule has 1 aliphatic rings. The van der Waals surface area contributed by atoms with Crippen LogP contribution in [-0.4, -0.2) is 54.5 Å². The highest BCUT2D eigenvalue weighted by Gasteiger charge is 2.24. The summed E-state index contributed by atoms with van der Waals surface area (Å²) in [4.78, 5) is 37.5. The zero-order valence-corrected chi connectivity index (χ0v) is 18.2. The number of rotatable bonds is 5. The summed E-state index contributed by atoms with van der Waals surface area (Å²) >= 11 is 0. The molecule has 32 heavy (non-hydrogen) atoms. The van der Waals surface area contributed by atoms with Gasteiger partial charge >= 0.3 is 0 Å². The zero-order chi connectivity index (χ0) is 22.7. The van der Waals surface area contributed by atoms with Crippen LogP contribution in [0.3, 0.4) is 0 Å². The highest BCUT2D eigenvalue weighted by molar-refractivity contribution is 6.04. The van der Waals surface area contributed by atoms with E-state index in [1.807, 2.05) is 18.2 Å². The Morgan fingerprint density at radius 3 is 2.47 bits per heavy atom. The molecule has 0 unspecified atom stereocenters. The number of fused-ring (bicyclic) bond motifs is 1. The van der Waals surface area contributed by atoms with Crippen LogP contribution in [0.25, 0.3) is 0 Å². The second kappa shape index (κ2) is 9.05. The molecule has 2 aromatic heterocycles. The number of pyridine rings is 2. The Labute approximate surface area is 186 Å².